The average Bonchev–Trinajstić information content (AvgIpc) is 3.39. The van der Waals surface area contributed by atoms with E-state index in [1.165, 1.54) is 44.9 Å². The van der Waals surface area contributed by atoms with E-state index in [0.29, 0.717) is 71.6 Å². The normalized spacial score (nSPS) is 12.4. The molecule has 16 nitrogen and oxygen atoms in total. The van der Waals surface area contributed by atoms with Gasteiger partial charge in [0.15, 0.2) is 0 Å². The van der Waals surface area contributed by atoms with Crippen molar-refractivity contribution in [3.05, 3.63) is 154 Å². The van der Waals surface area contributed by atoms with Crippen molar-refractivity contribution in [2.75, 3.05) is 64.7 Å². The fourth-order valence-corrected chi connectivity index (χ4v) is 8.38. The lowest BCUT2D eigenvalue weighted by Crippen LogP contribution is -2.35. The molecule has 71 heavy (non-hydrogen) atoms. The van der Waals surface area contributed by atoms with Crippen LogP contribution >= 0.6 is 23.2 Å². The number of carboxylic acid groups (broad SMARTS) is 1. The summed E-state index contributed by atoms with van der Waals surface area (Å²) >= 11 is 13.3. The number of carbonyl (C=O) groups excluding carboxylic acids is 1. The molecule has 4 N–H and O–H groups in total. The third-order valence-corrected chi connectivity index (χ3v) is 12.2. The number of carboxylic acids is 1. The van der Waals surface area contributed by atoms with E-state index in [4.69, 9.17) is 48.3 Å². The summed E-state index contributed by atoms with van der Waals surface area (Å²) in [5, 5.41) is 12.7. The zero-order chi connectivity index (χ0) is 50.4. The molecule has 8 aromatic rings. The van der Waals surface area contributed by atoms with Gasteiger partial charge in [-0.15, -0.1) is 0 Å². The number of morpholine rings is 1. The molecule has 0 radical (unpaired) electrons. The largest absolute Gasteiger partial charge is 0.495 e. The highest BCUT2D eigenvalue weighted by Crippen LogP contribution is 2.47. The molecule has 0 unspecified atom stereocenters. The summed E-state index contributed by atoms with van der Waals surface area (Å²) in [6, 6.07) is 21.9. The van der Waals surface area contributed by atoms with Crippen molar-refractivity contribution < 1.29 is 33.3 Å². The van der Waals surface area contributed by atoms with E-state index in [2.05, 4.69) is 58.9 Å². The number of nitrogen functional groups attached to an aromatic ring is 1. The Morgan fingerprint density at radius 2 is 1.31 bits per heavy atom. The molecule has 0 saturated carbocycles. The van der Waals surface area contributed by atoms with Gasteiger partial charge in [-0.2, -0.15) is 0 Å². The van der Waals surface area contributed by atoms with Gasteiger partial charge in [-0.25, -0.2) is 9.18 Å². The Bertz CT molecular complexity index is 3100. The van der Waals surface area contributed by atoms with Crippen LogP contribution in [0.25, 0.3) is 44.3 Å². The first-order valence-electron chi connectivity index (χ1n) is 22.5. The lowest BCUT2D eigenvalue weighted by atomic mass is 9.99. The van der Waals surface area contributed by atoms with Crippen LogP contribution in [0.15, 0.2) is 116 Å². The predicted octanol–water partition coefficient (Wildman–Crippen LogP) is 9.74. The van der Waals surface area contributed by atoms with Crippen LogP contribution < -0.4 is 20.5 Å². The molecule has 0 aliphatic carbocycles. The standard InChI is InChI=1S/C27H25Cl2N5O4.C15H9FN2O2.C10H17N3/c1-36-20-13-21(37-2)24(29)22(23(20)28)18-5-6-19(26-25(18)30-7-8-31-26)27(35)33-16-3-4-17(32-14-16)15-34-9-11-38-12-10-34;16-12-4-2-1-3-9(12)10-5-6-11(15(19)20)14-13(10)17-7-8-18-14;1-3-13(4-2)8-10-6-5-9(11)7-12-10/h3-8,13-14H,9-12,15H2,1-2H3,(H,33,35);1-8H,(H,19,20);5-7H,3-4,8,11H2,1-2H3. The Balaban J connectivity index is 0.000000186. The van der Waals surface area contributed by atoms with Crippen molar-refractivity contribution >= 4 is 68.5 Å². The van der Waals surface area contributed by atoms with Gasteiger partial charge >= 0.3 is 5.97 Å². The first-order chi connectivity index (χ1) is 34.4. The zero-order valence-electron chi connectivity index (χ0n) is 39.4. The number of aromatic nitrogens is 6. The number of nitrogens with one attached hydrogen (secondary N) is 1. The highest BCUT2D eigenvalue weighted by molar-refractivity contribution is 6.41. The number of halogens is 3. The van der Waals surface area contributed by atoms with Crippen LogP contribution in [0.2, 0.25) is 10.0 Å². The molecule has 1 aliphatic rings. The van der Waals surface area contributed by atoms with Crippen LogP contribution in [-0.2, 0) is 17.8 Å². The second-order valence-corrected chi connectivity index (χ2v) is 16.6. The Kier molecular flexibility index (Phi) is 17.7. The summed E-state index contributed by atoms with van der Waals surface area (Å²) in [5.74, 6) is -1.03. The molecule has 1 amide bonds. The van der Waals surface area contributed by atoms with Crippen molar-refractivity contribution in [2.24, 2.45) is 0 Å². The van der Waals surface area contributed by atoms with E-state index in [-0.39, 0.29) is 22.8 Å². The molecule has 0 bridgehead atoms. The van der Waals surface area contributed by atoms with Crippen molar-refractivity contribution in [1.29, 1.82) is 0 Å². The molecule has 4 aromatic carbocycles. The number of rotatable bonds is 13. The number of nitrogens with two attached hydrogens (primary N) is 1. The van der Waals surface area contributed by atoms with Gasteiger partial charge in [-0.1, -0.05) is 67.4 Å². The lowest BCUT2D eigenvalue weighted by molar-refractivity contribution is 0.0336. The Morgan fingerprint density at radius 3 is 1.89 bits per heavy atom. The minimum absolute atomic E-state index is 0.0492. The third kappa shape index (κ3) is 12.5. The predicted molar refractivity (Wildman–Crippen MR) is 274 cm³/mol. The monoisotopic (exact) mass is 1000 g/mol. The second kappa shape index (κ2) is 24.4. The maximum atomic E-state index is 13.9. The van der Waals surface area contributed by atoms with Gasteiger partial charge in [0, 0.05) is 79.3 Å². The summed E-state index contributed by atoms with van der Waals surface area (Å²) in [6.45, 7) is 11.3. The molecule has 4 aromatic heterocycles. The Morgan fingerprint density at radius 1 is 0.732 bits per heavy atom. The van der Waals surface area contributed by atoms with E-state index < -0.39 is 5.97 Å². The molecule has 1 saturated heterocycles. The molecule has 5 heterocycles. The first-order valence-corrected chi connectivity index (χ1v) is 23.2. The van der Waals surface area contributed by atoms with Gasteiger partial charge in [0.05, 0.1) is 94.8 Å². The quantitative estimate of drug-likeness (QED) is 0.0984. The van der Waals surface area contributed by atoms with E-state index in [0.717, 1.165) is 69.6 Å². The number of hydrogen-bond donors (Lipinski definition) is 3. The summed E-state index contributed by atoms with van der Waals surface area (Å²) in [4.78, 5) is 55.0. The van der Waals surface area contributed by atoms with Crippen molar-refractivity contribution in [1.82, 2.24) is 39.7 Å². The minimum Gasteiger partial charge on any atom is -0.495 e. The van der Waals surface area contributed by atoms with Crippen LogP contribution in [-0.4, -0.2) is 110 Å². The highest BCUT2D eigenvalue weighted by Gasteiger charge is 2.24. The van der Waals surface area contributed by atoms with Crippen molar-refractivity contribution in [3.8, 4) is 33.8 Å². The summed E-state index contributed by atoms with van der Waals surface area (Å²) < 4.78 is 30.1. The molecule has 0 spiro atoms. The SMILES string of the molecule is CCN(CC)Cc1ccc(N)cn1.COc1cc(OC)c(Cl)c(-c2ccc(C(=O)Nc3ccc(CN4CCOCC4)nc3)c3nccnc23)c1Cl.O=C(O)c1ccc(-c2ccccc2F)c2nccnc12. The first kappa shape index (κ1) is 51.4. The van der Waals surface area contributed by atoms with Crippen molar-refractivity contribution in [2.45, 2.75) is 26.9 Å². The number of aromatic carboxylic acids is 1. The minimum atomic E-state index is -1.09. The van der Waals surface area contributed by atoms with Crippen LogP contribution in [0.5, 0.6) is 11.5 Å². The third-order valence-electron chi connectivity index (χ3n) is 11.4. The number of amides is 1. The summed E-state index contributed by atoms with van der Waals surface area (Å²) in [7, 11) is 3.02. The van der Waals surface area contributed by atoms with Crippen LogP contribution in [0.3, 0.4) is 0 Å². The van der Waals surface area contributed by atoms with Crippen molar-refractivity contribution in [3.63, 3.8) is 0 Å². The molecule has 1 aliphatic heterocycles. The topological polar surface area (TPSA) is 204 Å². The van der Waals surface area contributed by atoms with Gasteiger partial charge in [-0.05, 0) is 55.6 Å². The second-order valence-electron chi connectivity index (χ2n) is 15.8. The van der Waals surface area contributed by atoms with E-state index in [1.807, 2.05) is 24.3 Å². The maximum absolute atomic E-state index is 13.9. The average molecular weight is 1000 g/mol. The number of fused-ring (bicyclic) bond motifs is 2. The van der Waals surface area contributed by atoms with Crippen LogP contribution in [0, 0.1) is 5.82 Å². The van der Waals surface area contributed by atoms with Gasteiger partial charge in [0.1, 0.15) is 28.3 Å². The number of hydrogen-bond acceptors (Lipinski definition) is 14. The summed E-state index contributed by atoms with van der Waals surface area (Å²) in [6.07, 6.45) is 9.30. The smallest absolute Gasteiger partial charge is 0.337 e. The maximum Gasteiger partial charge on any atom is 0.337 e. The number of anilines is 2. The van der Waals surface area contributed by atoms with Crippen LogP contribution in [0.4, 0.5) is 15.8 Å². The highest BCUT2D eigenvalue weighted by atomic mass is 35.5. The van der Waals surface area contributed by atoms with Gasteiger partial charge in [-0.3, -0.25) is 44.5 Å². The number of methoxy groups -OCH3 is 2. The zero-order valence-corrected chi connectivity index (χ0v) is 40.9. The number of pyridine rings is 2. The number of benzene rings is 4. The molecule has 9 rings (SSSR count). The fraction of sp³-hybridized carbons (Fsp3) is 0.231. The molecule has 0 atom stereocenters. The molecule has 1 fully saturated rings. The van der Waals surface area contributed by atoms with Gasteiger partial charge < -0.3 is 30.4 Å². The molecule has 366 valence electrons. The Labute approximate surface area is 419 Å². The van der Waals surface area contributed by atoms with Gasteiger partial charge in [0.2, 0.25) is 0 Å². The Hall–Kier alpha value is -7.41. The molecular formula is C52H51Cl2FN10O6. The molecular weight excluding hydrogens is 951 g/mol. The lowest BCUT2D eigenvalue weighted by Gasteiger charge is -2.26. The van der Waals surface area contributed by atoms with Gasteiger partial charge in [0.25, 0.3) is 5.91 Å². The molecule has 19 heteroatoms. The van der Waals surface area contributed by atoms with E-state index in [9.17, 15) is 14.0 Å². The fourth-order valence-electron chi connectivity index (χ4n) is 7.67. The van der Waals surface area contributed by atoms with Crippen LogP contribution in [0.1, 0.15) is 46.0 Å². The summed E-state index contributed by atoms with van der Waals surface area (Å²) in [5.41, 5.74) is 12.7. The number of carbonyl (C=O) groups is 2. The van der Waals surface area contributed by atoms with E-state index >= 15 is 0 Å². The number of ether oxygens (including phenoxy) is 3. The number of nitrogens with zero attached hydrogens (tertiary/aromatic N) is 8. The van der Waals surface area contributed by atoms with E-state index in [1.54, 1.807) is 61.1 Å².